The van der Waals surface area contributed by atoms with Gasteiger partial charge in [0.15, 0.2) is 11.6 Å². The van der Waals surface area contributed by atoms with Crippen molar-refractivity contribution in [2.24, 2.45) is 7.05 Å². The van der Waals surface area contributed by atoms with E-state index in [2.05, 4.69) is 20.4 Å². The van der Waals surface area contributed by atoms with Crippen LogP contribution in [0.1, 0.15) is 5.56 Å². The minimum absolute atomic E-state index is 0.203. The summed E-state index contributed by atoms with van der Waals surface area (Å²) in [5.74, 6) is 0.203. The highest BCUT2D eigenvalue weighted by Gasteiger charge is 2.11. The molecule has 1 aromatic carbocycles. The Bertz CT molecular complexity index is 846. The van der Waals surface area contributed by atoms with Crippen LogP contribution in [0.25, 0.3) is 11.3 Å². The van der Waals surface area contributed by atoms with Crippen LogP contribution >= 0.6 is 0 Å². The Labute approximate surface area is 133 Å². The highest BCUT2D eigenvalue weighted by atomic mass is 19.1. The Hall–Kier alpha value is -2.96. The van der Waals surface area contributed by atoms with Gasteiger partial charge in [-0.1, -0.05) is 0 Å². The molecule has 0 amide bonds. The first kappa shape index (κ1) is 15.0. The van der Waals surface area contributed by atoms with Gasteiger partial charge < -0.3 is 10.1 Å². The third kappa shape index (κ3) is 3.13. The number of ether oxygens (including phenoxy) is 1. The molecule has 0 spiro atoms. The van der Waals surface area contributed by atoms with Crippen molar-refractivity contribution in [2.45, 2.75) is 6.92 Å². The minimum atomic E-state index is -0.426. The molecule has 0 fully saturated rings. The Balaban J connectivity index is 1.95. The van der Waals surface area contributed by atoms with Gasteiger partial charge in [-0.05, 0) is 30.7 Å². The van der Waals surface area contributed by atoms with Crippen molar-refractivity contribution >= 4 is 11.6 Å². The zero-order valence-electron chi connectivity index (χ0n) is 13.0. The zero-order chi connectivity index (χ0) is 16.4. The summed E-state index contributed by atoms with van der Waals surface area (Å²) in [5, 5.41) is 7.15. The van der Waals surface area contributed by atoms with Crippen LogP contribution < -0.4 is 10.1 Å². The van der Waals surface area contributed by atoms with Crippen molar-refractivity contribution in [3.8, 4) is 17.0 Å². The summed E-state index contributed by atoms with van der Waals surface area (Å²) in [5.41, 5.74) is 2.96. The molecule has 0 aliphatic carbocycles. The van der Waals surface area contributed by atoms with Crippen LogP contribution in [0.15, 0.2) is 36.8 Å². The van der Waals surface area contributed by atoms with E-state index in [9.17, 15) is 4.39 Å². The number of halogens is 1. The maximum Gasteiger partial charge on any atom is 0.227 e. The Morgan fingerprint density at radius 2 is 2.09 bits per heavy atom. The molecule has 0 aliphatic rings. The van der Waals surface area contributed by atoms with E-state index in [-0.39, 0.29) is 5.75 Å². The molecule has 23 heavy (non-hydrogen) atoms. The smallest absolute Gasteiger partial charge is 0.227 e. The van der Waals surface area contributed by atoms with E-state index < -0.39 is 5.82 Å². The molecule has 6 nitrogen and oxygen atoms in total. The summed E-state index contributed by atoms with van der Waals surface area (Å²) in [6, 6.07) is 4.76. The SMILES string of the molecule is COc1ccc(-c2nc(Nc3cnn(C)c3)ncc2C)cc1F. The number of anilines is 2. The number of aryl methyl sites for hydroxylation is 2. The number of rotatable bonds is 4. The van der Waals surface area contributed by atoms with Crippen molar-refractivity contribution in [1.29, 1.82) is 0 Å². The third-order valence-corrected chi connectivity index (χ3v) is 3.36. The van der Waals surface area contributed by atoms with Crippen molar-refractivity contribution in [1.82, 2.24) is 19.7 Å². The number of aromatic nitrogens is 4. The maximum absolute atomic E-state index is 13.9. The van der Waals surface area contributed by atoms with Crippen LogP contribution in [0.2, 0.25) is 0 Å². The van der Waals surface area contributed by atoms with Gasteiger partial charge in [0.25, 0.3) is 0 Å². The zero-order valence-corrected chi connectivity index (χ0v) is 13.0. The standard InChI is InChI=1S/C16H16FN5O/c1-10-7-18-16(20-12-8-19-22(2)9-12)21-15(10)11-4-5-14(23-3)13(17)6-11/h4-9H,1-3H3,(H,18,20,21). The third-order valence-electron chi connectivity index (χ3n) is 3.36. The van der Waals surface area contributed by atoms with Crippen LogP contribution in [0, 0.1) is 12.7 Å². The predicted molar refractivity (Wildman–Crippen MR) is 85.2 cm³/mol. The number of hydrogen-bond donors (Lipinski definition) is 1. The van der Waals surface area contributed by atoms with Crippen LogP contribution in [0.3, 0.4) is 0 Å². The highest BCUT2D eigenvalue weighted by Crippen LogP contribution is 2.27. The Morgan fingerprint density at radius 1 is 1.26 bits per heavy atom. The number of nitrogens with zero attached hydrogens (tertiary/aromatic N) is 4. The summed E-state index contributed by atoms with van der Waals surface area (Å²) in [6.07, 6.45) is 5.19. The molecule has 0 atom stereocenters. The van der Waals surface area contributed by atoms with Gasteiger partial charge in [0.1, 0.15) is 0 Å². The van der Waals surface area contributed by atoms with Crippen LogP contribution in [0.5, 0.6) is 5.75 Å². The molecule has 1 N–H and O–H groups in total. The molecule has 3 rings (SSSR count). The van der Waals surface area contributed by atoms with Crippen molar-refractivity contribution in [3.05, 3.63) is 48.2 Å². The first-order chi connectivity index (χ1) is 11.1. The van der Waals surface area contributed by atoms with Gasteiger partial charge >= 0.3 is 0 Å². The first-order valence-corrected chi connectivity index (χ1v) is 7.00. The van der Waals surface area contributed by atoms with Gasteiger partial charge in [-0.3, -0.25) is 4.68 Å². The van der Waals surface area contributed by atoms with Gasteiger partial charge in [0.05, 0.1) is 24.7 Å². The molecule has 0 saturated heterocycles. The number of hydrogen-bond acceptors (Lipinski definition) is 5. The van der Waals surface area contributed by atoms with Gasteiger partial charge in [0, 0.05) is 25.0 Å². The molecule has 118 valence electrons. The van der Waals surface area contributed by atoms with E-state index in [0.717, 1.165) is 11.3 Å². The lowest BCUT2D eigenvalue weighted by molar-refractivity contribution is 0.386. The molecule has 0 bridgehead atoms. The fraction of sp³-hybridized carbons (Fsp3) is 0.188. The second-order valence-electron chi connectivity index (χ2n) is 5.10. The molecular weight excluding hydrogens is 297 g/mol. The van der Waals surface area contributed by atoms with E-state index in [0.29, 0.717) is 17.2 Å². The second-order valence-corrected chi connectivity index (χ2v) is 5.10. The maximum atomic E-state index is 13.9. The summed E-state index contributed by atoms with van der Waals surface area (Å²) < 4.78 is 20.5. The van der Waals surface area contributed by atoms with Crippen LogP contribution in [-0.2, 0) is 7.05 Å². The van der Waals surface area contributed by atoms with Gasteiger partial charge in [-0.15, -0.1) is 0 Å². The first-order valence-electron chi connectivity index (χ1n) is 7.00. The van der Waals surface area contributed by atoms with Gasteiger partial charge in [-0.2, -0.15) is 5.10 Å². The van der Waals surface area contributed by atoms with E-state index in [1.807, 2.05) is 20.2 Å². The normalized spacial score (nSPS) is 10.6. The predicted octanol–water partition coefficient (Wildman–Crippen LogP) is 3.08. The number of methoxy groups -OCH3 is 1. The Morgan fingerprint density at radius 3 is 2.74 bits per heavy atom. The largest absolute Gasteiger partial charge is 0.494 e. The monoisotopic (exact) mass is 313 g/mol. The van der Waals surface area contributed by atoms with Crippen molar-refractivity contribution in [2.75, 3.05) is 12.4 Å². The average molecular weight is 313 g/mol. The van der Waals surface area contributed by atoms with Crippen molar-refractivity contribution in [3.63, 3.8) is 0 Å². The highest BCUT2D eigenvalue weighted by molar-refractivity contribution is 5.65. The summed E-state index contributed by atoms with van der Waals surface area (Å²) in [4.78, 5) is 8.72. The molecule has 3 aromatic rings. The molecule has 0 unspecified atom stereocenters. The van der Waals surface area contributed by atoms with Gasteiger partial charge in [-0.25, -0.2) is 14.4 Å². The summed E-state index contributed by atoms with van der Waals surface area (Å²) in [6.45, 7) is 1.88. The summed E-state index contributed by atoms with van der Waals surface area (Å²) >= 11 is 0. The van der Waals surface area contributed by atoms with Crippen LogP contribution in [0.4, 0.5) is 16.0 Å². The van der Waals surface area contributed by atoms with Crippen LogP contribution in [-0.4, -0.2) is 26.9 Å². The average Bonchev–Trinajstić information content (AvgIpc) is 2.94. The van der Waals surface area contributed by atoms with Gasteiger partial charge in [0.2, 0.25) is 5.95 Å². The lowest BCUT2D eigenvalue weighted by Crippen LogP contribution is -2.00. The summed E-state index contributed by atoms with van der Waals surface area (Å²) in [7, 11) is 3.26. The fourth-order valence-corrected chi connectivity index (χ4v) is 2.22. The molecule has 0 saturated carbocycles. The molecule has 2 heterocycles. The minimum Gasteiger partial charge on any atom is -0.494 e. The number of nitrogens with one attached hydrogen (secondary N) is 1. The molecule has 0 radical (unpaired) electrons. The lowest BCUT2D eigenvalue weighted by atomic mass is 10.1. The molecule has 2 aromatic heterocycles. The molecular formula is C16H16FN5O. The lowest BCUT2D eigenvalue weighted by Gasteiger charge is -2.09. The van der Waals surface area contributed by atoms with E-state index in [4.69, 9.17) is 4.74 Å². The second kappa shape index (κ2) is 6.04. The Kier molecular flexibility index (Phi) is 3.92. The topological polar surface area (TPSA) is 64.9 Å². The fourth-order valence-electron chi connectivity index (χ4n) is 2.22. The number of benzene rings is 1. The quantitative estimate of drug-likeness (QED) is 0.802. The van der Waals surface area contributed by atoms with E-state index in [1.54, 1.807) is 29.2 Å². The van der Waals surface area contributed by atoms with E-state index >= 15 is 0 Å². The van der Waals surface area contributed by atoms with E-state index in [1.165, 1.54) is 13.2 Å². The molecule has 7 heteroatoms. The van der Waals surface area contributed by atoms with Crippen molar-refractivity contribution < 1.29 is 9.13 Å². The molecule has 0 aliphatic heterocycles.